The molecule has 0 aliphatic carbocycles. The van der Waals surface area contributed by atoms with E-state index in [4.69, 9.17) is 5.73 Å². The van der Waals surface area contributed by atoms with Gasteiger partial charge in [-0.25, -0.2) is 9.78 Å². The van der Waals surface area contributed by atoms with E-state index in [1.54, 1.807) is 0 Å². The third-order valence-electron chi connectivity index (χ3n) is 2.46. The molecule has 0 spiro atoms. The van der Waals surface area contributed by atoms with E-state index >= 15 is 0 Å². The highest BCUT2D eigenvalue weighted by Crippen LogP contribution is 2.22. The van der Waals surface area contributed by atoms with Gasteiger partial charge >= 0.3 is 5.97 Å². The van der Waals surface area contributed by atoms with Gasteiger partial charge in [0.05, 0.1) is 13.2 Å². The second kappa shape index (κ2) is 6.67. The molecule has 1 aromatic heterocycles. The van der Waals surface area contributed by atoms with Crippen LogP contribution in [-0.4, -0.2) is 39.7 Å². The number of aliphatic hydroxyl groups is 2. The molecule has 2 unspecified atom stereocenters. The fourth-order valence-electron chi connectivity index (χ4n) is 1.42. The topological polar surface area (TPSA) is 106 Å². The molecule has 7 heteroatoms. The van der Waals surface area contributed by atoms with E-state index in [1.165, 1.54) is 19.4 Å². The maximum absolute atomic E-state index is 11.4. The number of hydrogen-bond donors (Lipinski definition) is 3. The molecule has 0 fully saturated rings. The van der Waals surface area contributed by atoms with E-state index in [9.17, 15) is 15.0 Å². The second-order valence-corrected chi connectivity index (χ2v) is 4.48. The molecule has 2 atom stereocenters. The number of halogens is 1. The third-order valence-corrected chi connectivity index (χ3v) is 2.91. The summed E-state index contributed by atoms with van der Waals surface area (Å²) in [6, 6.07) is 1.37. The fourth-order valence-corrected chi connectivity index (χ4v) is 1.89. The zero-order valence-electron chi connectivity index (χ0n) is 9.84. The van der Waals surface area contributed by atoms with Crippen molar-refractivity contribution < 1.29 is 19.7 Å². The lowest BCUT2D eigenvalue weighted by molar-refractivity contribution is 0.0171. The summed E-state index contributed by atoms with van der Waals surface area (Å²) in [6.07, 6.45) is -0.373. The van der Waals surface area contributed by atoms with Gasteiger partial charge in [0.15, 0.2) is 0 Å². The van der Waals surface area contributed by atoms with Crippen molar-refractivity contribution in [2.75, 3.05) is 18.2 Å². The van der Waals surface area contributed by atoms with E-state index in [0.717, 1.165) is 0 Å². The van der Waals surface area contributed by atoms with Gasteiger partial charge in [0.1, 0.15) is 17.5 Å². The van der Waals surface area contributed by atoms with Gasteiger partial charge in [-0.15, -0.1) is 0 Å². The first-order valence-electron chi connectivity index (χ1n) is 5.27. The van der Waals surface area contributed by atoms with Crippen molar-refractivity contribution in [3.8, 4) is 0 Å². The number of nitrogens with zero attached hydrogens (tertiary/aromatic N) is 1. The normalized spacial score (nSPS) is 14.0. The predicted octanol–water partition coefficient (Wildman–Crippen LogP) is 0.630. The maximum atomic E-state index is 11.4. The van der Waals surface area contributed by atoms with Gasteiger partial charge in [-0.3, -0.25) is 0 Å². The Morgan fingerprint density at radius 3 is 2.83 bits per heavy atom. The number of nitrogen functional groups attached to an aromatic ring is 1. The van der Waals surface area contributed by atoms with Crippen molar-refractivity contribution >= 4 is 27.7 Å². The molecule has 0 aliphatic rings. The van der Waals surface area contributed by atoms with Gasteiger partial charge in [0.25, 0.3) is 0 Å². The van der Waals surface area contributed by atoms with Crippen molar-refractivity contribution in [1.29, 1.82) is 0 Å². The minimum absolute atomic E-state index is 0.0211. The molecule has 1 heterocycles. The molecule has 0 radical (unpaired) electrons. The number of ether oxygens (including phenoxy) is 1. The lowest BCUT2D eigenvalue weighted by Gasteiger charge is -2.17. The number of aliphatic hydroxyl groups excluding tert-OH is 2. The van der Waals surface area contributed by atoms with E-state index in [-0.39, 0.29) is 11.4 Å². The number of nitrogens with two attached hydrogens (primary N) is 1. The summed E-state index contributed by atoms with van der Waals surface area (Å²) in [7, 11) is 1.23. The predicted molar refractivity (Wildman–Crippen MR) is 69.4 cm³/mol. The first-order valence-corrected chi connectivity index (χ1v) is 6.39. The summed E-state index contributed by atoms with van der Waals surface area (Å²) in [6.45, 7) is 0. The smallest absolute Gasteiger partial charge is 0.341 e. The summed E-state index contributed by atoms with van der Waals surface area (Å²) >= 11 is 3.17. The summed E-state index contributed by atoms with van der Waals surface area (Å²) in [5.74, 6) is -0.614. The summed E-state index contributed by atoms with van der Waals surface area (Å²) in [5.41, 5.74) is 5.92. The molecule has 0 aromatic carbocycles. The minimum Gasteiger partial charge on any atom is -0.465 e. The van der Waals surface area contributed by atoms with Gasteiger partial charge in [0.2, 0.25) is 0 Å². The van der Waals surface area contributed by atoms with Crippen LogP contribution in [-0.2, 0) is 4.74 Å². The van der Waals surface area contributed by atoms with E-state index in [0.29, 0.717) is 17.3 Å². The number of methoxy groups -OCH3 is 1. The molecule has 0 amide bonds. The van der Waals surface area contributed by atoms with Gasteiger partial charge in [0, 0.05) is 17.1 Å². The lowest BCUT2D eigenvalue weighted by Crippen LogP contribution is -2.20. The van der Waals surface area contributed by atoms with E-state index < -0.39 is 18.2 Å². The Morgan fingerprint density at radius 1 is 1.61 bits per heavy atom. The summed E-state index contributed by atoms with van der Waals surface area (Å²) in [5, 5.41) is 20.1. The summed E-state index contributed by atoms with van der Waals surface area (Å²) in [4.78, 5) is 15.2. The average molecular weight is 319 g/mol. The lowest BCUT2D eigenvalue weighted by atomic mass is 10.0. The van der Waals surface area contributed by atoms with Crippen molar-refractivity contribution in [1.82, 2.24) is 4.98 Å². The zero-order chi connectivity index (χ0) is 13.7. The average Bonchev–Trinajstić information content (AvgIpc) is 2.38. The minimum atomic E-state index is -1.13. The van der Waals surface area contributed by atoms with Crippen LogP contribution in [0, 0.1) is 0 Å². The quantitative estimate of drug-likeness (QED) is 0.543. The van der Waals surface area contributed by atoms with Crippen LogP contribution in [0.3, 0.4) is 0 Å². The van der Waals surface area contributed by atoms with Crippen LogP contribution >= 0.6 is 15.9 Å². The van der Waals surface area contributed by atoms with Crippen LogP contribution in [0.4, 0.5) is 5.82 Å². The molecule has 18 heavy (non-hydrogen) atoms. The Hall–Kier alpha value is -1.18. The highest BCUT2D eigenvalue weighted by molar-refractivity contribution is 9.09. The van der Waals surface area contributed by atoms with Crippen LogP contribution in [0.5, 0.6) is 0 Å². The first-order chi connectivity index (χ1) is 8.51. The number of pyridine rings is 1. The van der Waals surface area contributed by atoms with E-state index in [1.807, 2.05) is 0 Å². The number of aromatic nitrogens is 1. The molecule has 1 aromatic rings. The van der Waals surface area contributed by atoms with Crippen LogP contribution in [0.15, 0.2) is 12.3 Å². The molecule has 0 aliphatic heterocycles. The Labute approximate surface area is 113 Å². The molecular weight excluding hydrogens is 304 g/mol. The van der Waals surface area contributed by atoms with E-state index in [2.05, 4.69) is 25.7 Å². The SMILES string of the molecule is COC(=O)c1cc(C(O)C(O)CCBr)cnc1N. The Bertz CT molecular complexity index is 428. The molecule has 0 bridgehead atoms. The second-order valence-electron chi connectivity index (χ2n) is 3.68. The highest BCUT2D eigenvalue weighted by Gasteiger charge is 2.21. The Balaban J connectivity index is 3.00. The van der Waals surface area contributed by atoms with Gasteiger partial charge in [-0.2, -0.15) is 0 Å². The molecule has 0 saturated heterocycles. The first kappa shape index (κ1) is 14.9. The highest BCUT2D eigenvalue weighted by atomic mass is 79.9. The summed E-state index contributed by atoms with van der Waals surface area (Å²) < 4.78 is 4.55. The van der Waals surface area contributed by atoms with Gasteiger partial charge in [-0.05, 0) is 12.5 Å². The largest absolute Gasteiger partial charge is 0.465 e. The van der Waals surface area contributed by atoms with Gasteiger partial charge in [-0.1, -0.05) is 15.9 Å². The number of rotatable bonds is 5. The van der Waals surface area contributed by atoms with Gasteiger partial charge < -0.3 is 20.7 Å². The van der Waals surface area contributed by atoms with Crippen molar-refractivity contribution in [2.24, 2.45) is 0 Å². The third kappa shape index (κ3) is 3.41. The van der Waals surface area contributed by atoms with Crippen molar-refractivity contribution in [2.45, 2.75) is 18.6 Å². The Morgan fingerprint density at radius 2 is 2.28 bits per heavy atom. The standard InChI is InChI=1S/C11H15BrN2O4/c1-18-11(17)7-4-6(5-14-10(7)13)9(16)8(15)2-3-12/h4-5,8-9,15-16H,2-3H2,1H3,(H2,13,14). The van der Waals surface area contributed by atoms with Crippen molar-refractivity contribution in [3.05, 3.63) is 23.4 Å². The van der Waals surface area contributed by atoms with Crippen LogP contribution in [0.2, 0.25) is 0 Å². The molecule has 1 rings (SSSR count). The number of anilines is 1. The maximum Gasteiger partial charge on any atom is 0.341 e. The number of carbonyl (C=O) groups excluding carboxylic acids is 1. The number of esters is 1. The number of hydrogen-bond acceptors (Lipinski definition) is 6. The molecule has 4 N–H and O–H groups in total. The molecule has 100 valence electrons. The van der Waals surface area contributed by atoms with Crippen molar-refractivity contribution in [3.63, 3.8) is 0 Å². The molecule has 0 saturated carbocycles. The monoisotopic (exact) mass is 318 g/mol. The number of alkyl halides is 1. The zero-order valence-corrected chi connectivity index (χ0v) is 11.4. The molecular formula is C11H15BrN2O4. The Kier molecular flexibility index (Phi) is 5.52. The van der Waals surface area contributed by atoms with Crippen LogP contribution < -0.4 is 5.73 Å². The fraction of sp³-hybridized carbons (Fsp3) is 0.455. The molecule has 6 nitrogen and oxygen atoms in total. The van der Waals surface area contributed by atoms with Crippen LogP contribution in [0.1, 0.15) is 28.4 Å². The van der Waals surface area contributed by atoms with Crippen LogP contribution in [0.25, 0.3) is 0 Å². The number of carbonyl (C=O) groups is 1.